The Morgan fingerprint density at radius 2 is 1.32 bits per heavy atom. The van der Waals surface area contributed by atoms with Crippen LogP contribution in [0.1, 0.15) is 15.9 Å². The van der Waals surface area contributed by atoms with Crippen molar-refractivity contribution in [3.8, 4) is 34.5 Å². The number of hydrogen-bond donors (Lipinski definition) is 0. The molecule has 0 unspecified atom stereocenters. The number of carbonyl (C=O) groups is 1. The minimum Gasteiger partial charge on any atom is -0.496 e. The summed E-state index contributed by atoms with van der Waals surface area (Å²) in [5.74, 6) is 2.79. The zero-order valence-corrected chi connectivity index (χ0v) is 16.5. The van der Waals surface area contributed by atoms with E-state index in [1.807, 2.05) is 0 Å². The molecule has 28 heavy (non-hydrogen) atoms. The Bertz CT molecular complexity index is 888. The molecular weight excluding hydrogens is 364 g/mol. The average molecular weight is 386 g/mol. The van der Waals surface area contributed by atoms with Gasteiger partial charge in [-0.3, -0.25) is 4.79 Å². The molecule has 0 saturated carbocycles. The fraction of sp³-hybridized carbons (Fsp3) is 0.286. The van der Waals surface area contributed by atoms with Crippen LogP contribution in [0.25, 0.3) is 6.08 Å². The van der Waals surface area contributed by atoms with Gasteiger partial charge >= 0.3 is 0 Å². The van der Waals surface area contributed by atoms with E-state index in [1.54, 1.807) is 58.8 Å². The van der Waals surface area contributed by atoms with Gasteiger partial charge in [-0.25, -0.2) is 0 Å². The molecule has 0 aliphatic carbocycles. The van der Waals surface area contributed by atoms with Crippen molar-refractivity contribution in [1.29, 1.82) is 0 Å². The van der Waals surface area contributed by atoms with Crippen molar-refractivity contribution in [1.82, 2.24) is 0 Å². The Balaban J connectivity index is 2.10. The Morgan fingerprint density at radius 3 is 1.86 bits per heavy atom. The van der Waals surface area contributed by atoms with Crippen LogP contribution in [-0.4, -0.2) is 47.9 Å². The summed E-state index contributed by atoms with van der Waals surface area (Å²) in [5, 5.41) is 0. The molecule has 0 bridgehead atoms. The molecule has 0 radical (unpaired) electrons. The van der Waals surface area contributed by atoms with E-state index in [0.29, 0.717) is 51.2 Å². The fourth-order valence-corrected chi connectivity index (χ4v) is 3.02. The molecule has 0 spiro atoms. The Labute approximate surface area is 163 Å². The lowest BCUT2D eigenvalue weighted by Crippen LogP contribution is -2.20. The molecule has 0 amide bonds. The summed E-state index contributed by atoms with van der Waals surface area (Å²) in [6, 6.07) is 6.77. The van der Waals surface area contributed by atoms with Crippen LogP contribution in [0.3, 0.4) is 0 Å². The van der Waals surface area contributed by atoms with Crippen molar-refractivity contribution in [3.63, 3.8) is 0 Å². The van der Waals surface area contributed by atoms with Gasteiger partial charge in [0.25, 0.3) is 0 Å². The van der Waals surface area contributed by atoms with Crippen LogP contribution in [-0.2, 0) is 0 Å². The smallest absolute Gasteiger partial charge is 0.199 e. The molecule has 7 nitrogen and oxygen atoms in total. The maximum Gasteiger partial charge on any atom is 0.199 e. The molecule has 148 valence electrons. The summed E-state index contributed by atoms with van der Waals surface area (Å²) < 4.78 is 32.6. The molecule has 2 aromatic rings. The number of methoxy groups -OCH3 is 5. The Kier molecular flexibility index (Phi) is 5.63. The first kappa shape index (κ1) is 19.4. The molecule has 1 aliphatic rings. The molecule has 0 aromatic heterocycles. The highest BCUT2D eigenvalue weighted by Gasteiger charge is 2.29. The van der Waals surface area contributed by atoms with Gasteiger partial charge in [0.1, 0.15) is 46.7 Å². The van der Waals surface area contributed by atoms with Crippen LogP contribution in [0.2, 0.25) is 0 Å². The zero-order valence-electron chi connectivity index (χ0n) is 16.5. The van der Waals surface area contributed by atoms with E-state index in [0.717, 1.165) is 0 Å². The predicted molar refractivity (Wildman–Crippen MR) is 103 cm³/mol. The normalized spacial score (nSPS) is 14.2. The van der Waals surface area contributed by atoms with Crippen molar-refractivity contribution in [2.75, 3.05) is 42.2 Å². The minimum absolute atomic E-state index is 0.0977. The lowest BCUT2D eigenvalue weighted by atomic mass is 9.96. The molecule has 0 saturated heterocycles. The van der Waals surface area contributed by atoms with E-state index in [4.69, 9.17) is 28.4 Å². The lowest BCUT2D eigenvalue weighted by molar-refractivity contribution is 0.0997. The number of Topliss-reactive ketones (excluding diaryl/α,β-unsaturated/α-hetero) is 1. The molecule has 0 atom stereocenters. The molecule has 0 N–H and O–H groups in total. The number of ether oxygens (including phenoxy) is 6. The molecule has 3 rings (SSSR count). The van der Waals surface area contributed by atoms with Crippen LogP contribution in [0, 0.1) is 0 Å². The predicted octanol–water partition coefficient (Wildman–Crippen LogP) is 3.39. The number of hydrogen-bond acceptors (Lipinski definition) is 7. The SMILES string of the molecule is COc1cc(OC)c(/C=C2\COc3cc(OC)cc(OC)c3C2=O)c(OC)c1. The second kappa shape index (κ2) is 8.12. The van der Waals surface area contributed by atoms with E-state index in [1.165, 1.54) is 7.11 Å². The number of benzene rings is 2. The first-order chi connectivity index (χ1) is 13.6. The molecular formula is C21H22O7. The Morgan fingerprint density at radius 1 is 0.786 bits per heavy atom. The summed E-state index contributed by atoms with van der Waals surface area (Å²) in [6.45, 7) is 0.0977. The molecule has 7 heteroatoms. The van der Waals surface area contributed by atoms with Crippen molar-refractivity contribution >= 4 is 11.9 Å². The van der Waals surface area contributed by atoms with Gasteiger partial charge in [-0.1, -0.05) is 0 Å². The van der Waals surface area contributed by atoms with Crippen LogP contribution in [0.15, 0.2) is 29.8 Å². The third-order valence-electron chi connectivity index (χ3n) is 4.47. The summed E-state index contributed by atoms with van der Waals surface area (Å²) in [5.41, 5.74) is 1.42. The monoisotopic (exact) mass is 386 g/mol. The van der Waals surface area contributed by atoms with E-state index < -0.39 is 0 Å². The second-order valence-electron chi connectivity index (χ2n) is 5.94. The topological polar surface area (TPSA) is 72.5 Å². The Hall–Kier alpha value is -3.35. The number of rotatable bonds is 6. The van der Waals surface area contributed by atoms with Gasteiger partial charge in [-0.2, -0.15) is 0 Å². The third-order valence-corrected chi connectivity index (χ3v) is 4.47. The minimum atomic E-state index is -0.194. The van der Waals surface area contributed by atoms with Gasteiger partial charge in [-0.05, 0) is 6.08 Å². The number of carbonyl (C=O) groups excluding carboxylic acids is 1. The van der Waals surface area contributed by atoms with Gasteiger partial charge in [0.2, 0.25) is 0 Å². The summed E-state index contributed by atoms with van der Waals surface area (Å²) in [4.78, 5) is 13.1. The number of ketones is 1. The van der Waals surface area contributed by atoms with Gasteiger partial charge in [0.05, 0.1) is 41.1 Å². The van der Waals surface area contributed by atoms with E-state index in [-0.39, 0.29) is 12.4 Å². The van der Waals surface area contributed by atoms with Crippen molar-refractivity contribution < 1.29 is 33.2 Å². The van der Waals surface area contributed by atoms with Crippen molar-refractivity contribution in [2.24, 2.45) is 0 Å². The first-order valence-corrected chi connectivity index (χ1v) is 8.50. The largest absolute Gasteiger partial charge is 0.496 e. The number of fused-ring (bicyclic) bond motifs is 1. The van der Waals surface area contributed by atoms with Gasteiger partial charge in [-0.15, -0.1) is 0 Å². The lowest BCUT2D eigenvalue weighted by Gasteiger charge is -2.22. The summed E-state index contributed by atoms with van der Waals surface area (Å²) >= 11 is 0. The maximum absolute atomic E-state index is 13.1. The quantitative estimate of drug-likeness (QED) is 0.705. The highest BCUT2D eigenvalue weighted by atomic mass is 16.5. The maximum atomic E-state index is 13.1. The summed E-state index contributed by atoms with van der Waals surface area (Å²) in [7, 11) is 7.68. The van der Waals surface area contributed by atoms with Crippen LogP contribution < -0.4 is 28.4 Å². The standard InChI is InChI=1S/C21H22O7/c1-23-13-7-16(25-3)15(17(8-13)26-4)6-12-11-28-19-10-14(24-2)9-18(27-5)20(19)21(12)22/h6-10H,11H2,1-5H3/b12-6+. The van der Waals surface area contributed by atoms with E-state index in [9.17, 15) is 4.79 Å². The summed E-state index contributed by atoms with van der Waals surface area (Å²) in [6.07, 6.45) is 1.70. The third kappa shape index (κ3) is 3.43. The molecule has 1 heterocycles. The fourth-order valence-electron chi connectivity index (χ4n) is 3.02. The zero-order chi connectivity index (χ0) is 20.3. The molecule has 0 fully saturated rings. The van der Waals surface area contributed by atoms with Crippen LogP contribution in [0.4, 0.5) is 0 Å². The first-order valence-electron chi connectivity index (χ1n) is 8.50. The van der Waals surface area contributed by atoms with Crippen LogP contribution >= 0.6 is 0 Å². The average Bonchev–Trinajstić information content (AvgIpc) is 2.74. The molecule has 1 aliphatic heterocycles. The van der Waals surface area contributed by atoms with Crippen molar-refractivity contribution in [3.05, 3.63) is 41.0 Å². The van der Waals surface area contributed by atoms with E-state index >= 15 is 0 Å². The molecule has 2 aromatic carbocycles. The van der Waals surface area contributed by atoms with Crippen molar-refractivity contribution in [2.45, 2.75) is 0 Å². The highest BCUT2D eigenvalue weighted by molar-refractivity contribution is 6.16. The van der Waals surface area contributed by atoms with Gasteiger partial charge in [0, 0.05) is 29.8 Å². The second-order valence-corrected chi connectivity index (χ2v) is 5.94. The van der Waals surface area contributed by atoms with E-state index in [2.05, 4.69) is 0 Å². The van der Waals surface area contributed by atoms with Gasteiger partial charge < -0.3 is 28.4 Å². The van der Waals surface area contributed by atoms with Crippen LogP contribution in [0.5, 0.6) is 34.5 Å². The highest BCUT2D eigenvalue weighted by Crippen LogP contribution is 2.41. The van der Waals surface area contributed by atoms with Gasteiger partial charge in [0.15, 0.2) is 5.78 Å².